The number of amides is 1. The Balaban J connectivity index is 1.30. The third-order valence-corrected chi connectivity index (χ3v) is 8.70. The summed E-state index contributed by atoms with van der Waals surface area (Å²) in [5.41, 5.74) is 1.69. The summed E-state index contributed by atoms with van der Waals surface area (Å²) in [7, 11) is -3.88. The van der Waals surface area contributed by atoms with Gasteiger partial charge >= 0.3 is 0 Å². The third kappa shape index (κ3) is 3.47. The van der Waals surface area contributed by atoms with Crippen molar-refractivity contribution >= 4 is 27.3 Å². The van der Waals surface area contributed by atoms with E-state index in [0.717, 1.165) is 5.56 Å². The number of rotatable bonds is 5. The fourth-order valence-corrected chi connectivity index (χ4v) is 6.56. The van der Waals surface area contributed by atoms with E-state index in [1.54, 1.807) is 17.0 Å². The minimum atomic E-state index is -3.88. The molecule has 35 heavy (non-hydrogen) atoms. The lowest BCUT2D eigenvalue weighted by Crippen LogP contribution is -2.40. The van der Waals surface area contributed by atoms with Gasteiger partial charge < -0.3 is 14.9 Å². The molecule has 7 nitrogen and oxygen atoms in total. The maximum atomic E-state index is 13.7. The van der Waals surface area contributed by atoms with Gasteiger partial charge in [-0.3, -0.25) is 4.79 Å². The molecule has 1 atom stereocenters. The van der Waals surface area contributed by atoms with Gasteiger partial charge in [0.25, 0.3) is 5.91 Å². The highest BCUT2D eigenvalue weighted by Gasteiger charge is 2.51. The zero-order chi connectivity index (χ0) is 24.4. The van der Waals surface area contributed by atoms with Crippen LogP contribution in [0, 0.1) is 0 Å². The van der Waals surface area contributed by atoms with Gasteiger partial charge in [-0.1, -0.05) is 42.5 Å². The fraction of sp³-hybridized carbons (Fsp3) is 0.296. The number of nitrogens with zero attached hydrogens (tertiary/aromatic N) is 2. The lowest BCUT2D eigenvalue weighted by molar-refractivity contribution is -0.132. The van der Waals surface area contributed by atoms with Crippen LogP contribution in [0.4, 0.5) is 11.4 Å². The van der Waals surface area contributed by atoms with E-state index < -0.39 is 21.5 Å². The van der Waals surface area contributed by atoms with Crippen molar-refractivity contribution < 1.29 is 18.3 Å². The number of nitrogens with two attached hydrogens (primary N) is 1. The first-order chi connectivity index (χ1) is 16.8. The number of carbonyl (C=O) groups excluding carboxylic acids is 1. The van der Waals surface area contributed by atoms with Crippen LogP contribution in [0.3, 0.4) is 0 Å². The van der Waals surface area contributed by atoms with Crippen molar-refractivity contribution in [2.24, 2.45) is 5.14 Å². The van der Waals surface area contributed by atoms with Gasteiger partial charge in [-0.15, -0.1) is 0 Å². The summed E-state index contributed by atoms with van der Waals surface area (Å²) >= 11 is 0. The van der Waals surface area contributed by atoms with E-state index in [0.29, 0.717) is 35.4 Å². The molecule has 8 heteroatoms. The molecule has 3 aliphatic rings. The molecule has 0 aliphatic carbocycles. The van der Waals surface area contributed by atoms with Crippen LogP contribution in [0.2, 0.25) is 0 Å². The first kappa shape index (κ1) is 22.3. The molecule has 180 valence electrons. The Labute approximate surface area is 204 Å². The Morgan fingerprint density at radius 1 is 0.886 bits per heavy atom. The molecule has 0 saturated carbocycles. The van der Waals surface area contributed by atoms with E-state index in [4.69, 9.17) is 5.14 Å². The molecule has 2 fully saturated rings. The molecule has 3 heterocycles. The van der Waals surface area contributed by atoms with E-state index in [1.807, 2.05) is 12.1 Å². The zero-order valence-corrected chi connectivity index (χ0v) is 20.0. The number of hydrogen-bond acceptors (Lipinski definition) is 5. The predicted molar refractivity (Wildman–Crippen MR) is 133 cm³/mol. The molecule has 0 aromatic heterocycles. The molecule has 3 aliphatic heterocycles. The Kier molecular flexibility index (Phi) is 5.03. The fourth-order valence-electron chi connectivity index (χ4n) is 6.05. The van der Waals surface area contributed by atoms with Gasteiger partial charge in [0.15, 0.2) is 5.60 Å². The standard InChI is InChI=1S/C27H27N3O4S/c28-35(33,34)23-15-7-19(8-16-23)27(32)24-3-1-2-4-25(24)29(26(27)31)17-18-5-9-20(10-6-18)30-21-11-12-22(30)14-13-21/h1-10,15-16,21-22,32H,11-14,17H2,(H2,28,33,34). The summed E-state index contributed by atoms with van der Waals surface area (Å²) in [6.07, 6.45) is 5.06. The number of hydrogen-bond donors (Lipinski definition) is 2. The minimum Gasteiger partial charge on any atom is -0.372 e. The molecule has 2 bridgehead atoms. The van der Waals surface area contributed by atoms with E-state index in [-0.39, 0.29) is 4.90 Å². The number of fused-ring (bicyclic) bond motifs is 3. The van der Waals surface area contributed by atoms with Crippen LogP contribution in [-0.2, 0) is 27.0 Å². The number of primary sulfonamides is 1. The van der Waals surface area contributed by atoms with Crippen LogP contribution in [0.1, 0.15) is 42.4 Å². The van der Waals surface area contributed by atoms with Crippen LogP contribution in [0.5, 0.6) is 0 Å². The molecule has 1 unspecified atom stereocenters. The summed E-state index contributed by atoms with van der Waals surface area (Å²) in [4.78, 5) is 17.7. The number of para-hydroxylation sites is 1. The zero-order valence-electron chi connectivity index (χ0n) is 19.2. The lowest BCUT2D eigenvalue weighted by atomic mass is 9.87. The average molecular weight is 490 g/mol. The molecular weight excluding hydrogens is 462 g/mol. The van der Waals surface area contributed by atoms with Gasteiger partial charge in [0.1, 0.15) is 0 Å². The number of benzene rings is 3. The smallest absolute Gasteiger partial charge is 0.268 e. The van der Waals surface area contributed by atoms with Crippen molar-refractivity contribution in [3.8, 4) is 0 Å². The molecule has 1 amide bonds. The normalized spacial score (nSPS) is 25.4. The Morgan fingerprint density at radius 3 is 2.09 bits per heavy atom. The Bertz CT molecular complexity index is 1390. The number of sulfonamides is 1. The molecule has 3 N–H and O–H groups in total. The monoisotopic (exact) mass is 489 g/mol. The van der Waals surface area contributed by atoms with E-state index in [2.05, 4.69) is 29.2 Å². The van der Waals surface area contributed by atoms with Crippen LogP contribution in [0.25, 0.3) is 0 Å². The highest BCUT2D eigenvalue weighted by Crippen LogP contribution is 2.45. The van der Waals surface area contributed by atoms with Crippen molar-refractivity contribution in [3.63, 3.8) is 0 Å². The van der Waals surface area contributed by atoms with Crippen molar-refractivity contribution in [3.05, 3.63) is 89.5 Å². The van der Waals surface area contributed by atoms with Gasteiger partial charge in [0, 0.05) is 23.3 Å². The molecule has 3 aromatic rings. The topological polar surface area (TPSA) is 104 Å². The highest BCUT2D eigenvalue weighted by atomic mass is 32.2. The van der Waals surface area contributed by atoms with Crippen molar-refractivity contribution in [1.82, 2.24) is 0 Å². The minimum absolute atomic E-state index is 0.0769. The maximum Gasteiger partial charge on any atom is 0.268 e. The van der Waals surface area contributed by atoms with Gasteiger partial charge in [-0.2, -0.15) is 0 Å². The predicted octanol–water partition coefficient (Wildman–Crippen LogP) is 3.25. The lowest BCUT2D eigenvalue weighted by Gasteiger charge is -2.26. The van der Waals surface area contributed by atoms with E-state index in [1.165, 1.54) is 55.6 Å². The van der Waals surface area contributed by atoms with Crippen LogP contribution in [0.15, 0.2) is 77.7 Å². The largest absolute Gasteiger partial charge is 0.372 e. The third-order valence-electron chi connectivity index (χ3n) is 7.77. The number of aliphatic hydroxyl groups is 1. The van der Waals surface area contributed by atoms with E-state index >= 15 is 0 Å². The number of carbonyl (C=O) groups is 1. The second-order valence-electron chi connectivity index (χ2n) is 9.72. The quantitative estimate of drug-likeness (QED) is 0.573. The first-order valence-corrected chi connectivity index (χ1v) is 13.5. The van der Waals surface area contributed by atoms with Crippen LogP contribution < -0.4 is 14.9 Å². The summed E-state index contributed by atoms with van der Waals surface area (Å²) < 4.78 is 23.3. The Morgan fingerprint density at radius 2 is 1.49 bits per heavy atom. The van der Waals surface area contributed by atoms with E-state index in [9.17, 15) is 18.3 Å². The molecule has 3 aromatic carbocycles. The van der Waals surface area contributed by atoms with Crippen LogP contribution >= 0.6 is 0 Å². The van der Waals surface area contributed by atoms with Gasteiger partial charge in [0.05, 0.1) is 17.1 Å². The molecule has 0 radical (unpaired) electrons. The summed E-state index contributed by atoms with van der Waals surface area (Å²) in [6, 6.07) is 22.3. The van der Waals surface area contributed by atoms with Crippen molar-refractivity contribution in [2.45, 2.75) is 54.8 Å². The first-order valence-electron chi connectivity index (χ1n) is 11.9. The Hall–Kier alpha value is -3.20. The van der Waals surface area contributed by atoms with Crippen LogP contribution in [-0.4, -0.2) is 31.5 Å². The van der Waals surface area contributed by atoms with Gasteiger partial charge in [-0.05, 0) is 67.1 Å². The van der Waals surface area contributed by atoms with Gasteiger partial charge in [-0.25, -0.2) is 13.6 Å². The summed E-state index contributed by atoms with van der Waals surface area (Å²) in [5, 5.41) is 16.9. The molecule has 2 saturated heterocycles. The molecule has 0 spiro atoms. The highest BCUT2D eigenvalue weighted by molar-refractivity contribution is 7.89. The second kappa shape index (κ2) is 7.91. The molecule has 6 rings (SSSR count). The number of anilines is 2. The summed E-state index contributed by atoms with van der Waals surface area (Å²) in [6.45, 7) is 0.320. The van der Waals surface area contributed by atoms with Gasteiger partial charge in [0.2, 0.25) is 10.0 Å². The SMILES string of the molecule is NS(=O)(=O)c1ccc(C2(O)C(=O)N(Cc3ccc(N4C5CCC4CC5)cc3)c3ccccc32)cc1. The second-order valence-corrected chi connectivity index (χ2v) is 11.3. The average Bonchev–Trinajstić information content (AvgIpc) is 3.52. The van der Waals surface area contributed by atoms with Crippen molar-refractivity contribution in [1.29, 1.82) is 0 Å². The van der Waals surface area contributed by atoms with Crippen molar-refractivity contribution in [2.75, 3.05) is 9.80 Å². The maximum absolute atomic E-state index is 13.7. The summed E-state index contributed by atoms with van der Waals surface area (Å²) in [5.74, 6) is -0.469. The molecular formula is C27H27N3O4S.